The van der Waals surface area contributed by atoms with Crippen LogP contribution in [0.5, 0.6) is 5.75 Å². The highest BCUT2D eigenvalue weighted by molar-refractivity contribution is 5.86. The van der Waals surface area contributed by atoms with Gasteiger partial charge in [-0.2, -0.15) is 0 Å². The number of hydrogen-bond donors (Lipinski definition) is 2. The number of pyridine rings is 1. The summed E-state index contributed by atoms with van der Waals surface area (Å²) in [6.07, 6.45) is 4.79. The number of aliphatic hydroxyl groups excluding tert-OH is 1. The van der Waals surface area contributed by atoms with E-state index >= 15 is 0 Å². The molecule has 1 aromatic carbocycles. The van der Waals surface area contributed by atoms with Crippen molar-refractivity contribution in [3.05, 3.63) is 60.0 Å². The zero-order valence-corrected chi connectivity index (χ0v) is 14.3. The molecule has 1 saturated heterocycles. The summed E-state index contributed by atoms with van der Waals surface area (Å²) in [5.41, 5.74) is 4.33. The molecule has 1 unspecified atom stereocenters. The Morgan fingerprint density at radius 2 is 2.04 bits per heavy atom. The molecule has 2 aromatic heterocycles. The molecule has 3 aromatic rings. The number of aromatic nitrogens is 2. The summed E-state index contributed by atoms with van der Waals surface area (Å²) in [7, 11) is 0. The second kappa shape index (κ2) is 6.16. The lowest BCUT2D eigenvalue weighted by Crippen LogP contribution is -2.43. The Labute approximate surface area is 151 Å². The monoisotopic (exact) mass is 348 g/mol. The molecule has 1 fully saturated rings. The summed E-state index contributed by atoms with van der Waals surface area (Å²) in [4.78, 5) is 6.92. The maximum Gasteiger partial charge on any atom is 0.226 e. The van der Waals surface area contributed by atoms with Gasteiger partial charge in [0.1, 0.15) is 11.4 Å². The Morgan fingerprint density at radius 1 is 1.15 bits per heavy atom. The van der Waals surface area contributed by atoms with Crippen molar-refractivity contribution in [2.45, 2.75) is 6.29 Å². The summed E-state index contributed by atoms with van der Waals surface area (Å²) >= 11 is 0. The van der Waals surface area contributed by atoms with Gasteiger partial charge in [-0.3, -0.25) is 0 Å². The van der Waals surface area contributed by atoms with Gasteiger partial charge in [0.25, 0.3) is 0 Å². The van der Waals surface area contributed by atoms with Crippen LogP contribution in [-0.4, -0.2) is 47.0 Å². The summed E-state index contributed by atoms with van der Waals surface area (Å²) in [5.74, 6) is 0.709. The lowest BCUT2D eigenvalue weighted by Gasteiger charge is -2.31. The van der Waals surface area contributed by atoms with Crippen molar-refractivity contribution in [1.29, 1.82) is 0 Å². The molecular weight excluding hydrogens is 328 g/mol. The van der Waals surface area contributed by atoms with Crippen LogP contribution in [0.25, 0.3) is 17.3 Å². The first kappa shape index (κ1) is 15.4. The smallest absolute Gasteiger partial charge is 0.226 e. The molecule has 0 radical (unpaired) electrons. The van der Waals surface area contributed by atoms with Gasteiger partial charge in [-0.25, -0.2) is 4.98 Å². The number of anilines is 1. The normalized spacial score (nSPS) is 19.8. The summed E-state index contributed by atoms with van der Waals surface area (Å²) < 4.78 is 7.76. The second-order valence-electron chi connectivity index (χ2n) is 6.62. The highest BCUT2D eigenvalue weighted by Gasteiger charge is 2.24. The molecule has 4 heterocycles. The number of fused-ring (bicyclic) bond motifs is 2. The number of rotatable bonds is 2. The number of piperazine rings is 1. The molecule has 132 valence electrons. The zero-order valence-electron chi connectivity index (χ0n) is 14.3. The van der Waals surface area contributed by atoms with Crippen molar-refractivity contribution in [2.75, 3.05) is 31.1 Å². The van der Waals surface area contributed by atoms with Gasteiger partial charge in [0.15, 0.2) is 0 Å². The van der Waals surface area contributed by atoms with Gasteiger partial charge in [0.2, 0.25) is 6.29 Å². The van der Waals surface area contributed by atoms with Crippen LogP contribution in [0.15, 0.2) is 48.8 Å². The molecular formula is C20H20N4O2. The van der Waals surface area contributed by atoms with Crippen molar-refractivity contribution in [2.24, 2.45) is 0 Å². The van der Waals surface area contributed by atoms with E-state index in [2.05, 4.69) is 21.3 Å². The van der Waals surface area contributed by atoms with Crippen LogP contribution in [0.3, 0.4) is 0 Å². The van der Waals surface area contributed by atoms with Crippen LogP contribution >= 0.6 is 0 Å². The van der Waals surface area contributed by atoms with E-state index in [9.17, 15) is 5.11 Å². The minimum absolute atomic E-state index is 0.677. The topological polar surface area (TPSA) is 62.0 Å². The second-order valence-corrected chi connectivity index (χ2v) is 6.62. The molecule has 2 aliphatic rings. The van der Waals surface area contributed by atoms with Gasteiger partial charge in [-0.1, -0.05) is 6.07 Å². The van der Waals surface area contributed by atoms with E-state index < -0.39 is 6.29 Å². The van der Waals surface area contributed by atoms with Gasteiger partial charge in [-0.05, 0) is 30.3 Å². The van der Waals surface area contributed by atoms with E-state index in [0.717, 1.165) is 48.8 Å². The predicted molar refractivity (Wildman–Crippen MR) is 101 cm³/mol. The van der Waals surface area contributed by atoms with Crippen LogP contribution in [-0.2, 0) is 0 Å². The van der Waals surface area contributed by atoms with Crippen molar-refractivity contribution < 1.29 is 9.84 Å². The predicted octanol–water partition coefficient (Wildman–Crippen LogP) is 2.00. The molecule has 0 aliphatic carbocycles. The van der Waals surface area contributed by atoms with E-state index in [1.54, 1.807) is 0 Å². The SMILES string of the molecule is OC1Oc2cc(N3CCNCC3)ccc2C=C1c1cn2ccccc2n1. The zero-order chi connectivity index (χ0) is 17.5. The number of aliphatic hydroxyl groups is 1. The third kappa shape index (κ3) is 2.64. The molecule has 6 nitrogen and oxygen atoms in total. The van der Waals surface area contributed by atoms with Crippen molar-refractivity contribution in [1.82, 2.24) is 14.7 Å². The van der Waals surface area contributed by atoms with Crippen LogP contribution in [0.2, 0.25) is 0 Å². The molecule has 2 N–H and O–H groups in total. The number of ether oxygens (including phenoxy) is 1. The minimum Gasteiger partial charge on any atom is -0.460 e. The maximum atomic E-state index is 10.5. The van der Waals surface area contributed by atoms with Crippen molar-refractivity contribution >= 4 is 23.0 Å². The fourth-order valence-corrected chi connectivity index (χ4v) is 3.56. The molecule has 0 amide bonds. The largest absolute Gasteiger partial charge is 0.460 e. The Bertz CT molecular complexity index is 955. The van der Waals surface area contributed by atoms with Gasteiger partial charge >= 0.3 is 0 Å². The highest BCUT2D eigenvalue weighted by Crippen LogP contribution is 2.36. The maximum absolute atomic E-state index is 10.5. The third-order valence-corrected chi connectivity index (χ3v) is 4.95. The Hall–Kier alpha value is -2.83. The first-order valence-corrected chi connectivity index (χ1v) is 8.88. The lowest BCUT2D eigenvalue weighted by molar-refractivity contribution is 0.0318. The molecule has 0 bridgehead atoms. The molecule has 0 spiro atoms. The first-order chi connectivity index (χ1) is 12.8. The number of hydrogen-bond acceptors (Lipinski definition) is 5. The van der Waals surface area contributed by atoms with Gasteiger partial charge in [0, 0.05) is 61.5 Å². The molecule has 6 heteroatoms. The minimum atomic E-state index is -1.02. The quantitative estimate of drug-likeness (QED) is 0.742. The van der Waals surface area contributed by atoms with Gasteiger partial charge in [0.05, 0.1) is 5.69 Å². The standard InChI is InChI=1S/C20H20N4O2/c25-20-16(17-13-24-8-2-1-3-19(24)22-17)11-14-4-5-15(12-18(14)26-20)23-9-6-21-7-10-23/h1-5,8,11-13,20-21,25H,6-7,9-10H2. The van der Waals surface area contributed by atoms with Crippen LogP contribution in [0, 0.1) is 0 Å². The van der Waals surface area contributed by atoms with Gasteiger partial charge < -0.3 is 24.5 Å². The van der Waals surface area contributed by atoms with E-state index in [1.807, 2.05) is 53.2 Å². The van der Waals surface area contributed by atoms with Crippen LogP contribution in [0.1, 0.15) is 11.3 Å². The fraction of sp³-hybridized carbons (Fsp3) is 0.250. The van der Waals surface area contributed by atoms with Crippen molar-refractivity contribution in [3.8, 4) is 5.75 Å². The Morgan fingerprint density at radius 3 is 2.88 bits per heavy atom. The Balaban J connectivity index is 1.50. The summed E-state index contributed by atoms with van der Waals surface area (Å²) in [5, 5.41) is 13.9. The first-order valence-electron chi connectivity index (χ1n) is 8.88. The molecule has 5 rings (SSSR count). The summed E-state index contributed by atoms with van der Waals surface area (Å²) in [6.45, 7) is 3.92. The average molecular weight is 348 g/mol. The number of nitrogens with zero attached hydrogens (tertiary/aromatic N) is 3. The number of benzene rings is 1. The lowest BCUT2D eigenvalue weighted by atomic mass is 10.0. The molecule has 0 saturated carbocycles. The highest BCUT2D eigenvalue weighted by atomic mass is 16.6. The van der Waals surface area contributed by atoms with E-state index in [-0.39, 0.29) is 0 Å². The van der Waals surface area contributed by atoms with Crippen LogP contribution < -0.4 is 15.0 Å². The number of nitrogens with one attached hydrogen (secondary N) is 1. The Kier molecular flexibility index (Phi) is 3.65. The van der Waals surface area contributed by atoms with E-state index in [0.29, 0.717) is 11.3 Å². The molecule has 26 heavy (non-hydrogen) atoms. The summed E-state index contributed by atoms with van der Waals surface area (Å²) in [6, 6.07) is 12.0. The van der Waals surface area contributed by atoms with Crippen molar-refractivity contribution in [3.63, 3.8) is 0 Å². The van der Waals surface area contributed by atoms with E-state index in [1.165, 1.54) is 0 Å². The van der Waals surface area contributed by atoms with Gasteiger partial charge in [-0.15, -0.1) is 0 Å². The number of imidazole rings is 1. The van der Waals surface area contributed by atoms with E-state index in [4.69, 9.17) is 4.74 Å². The fourth-order valence-electron chi connectivity index (χ4n) is 3.56. The third-order valence-electron chi connectivity index (χ3n) is 4.95. The average Bonchev–Trinajstić information content (AvgIpc) is 3.11. The molecule has 1 atom stereocenters. The molecule has 2 aliphatic heterocycles. The van der Waals surface area contributed by atoms with Crippen LogP contribution in [0.4, 0.5) is 5.69 Å².